The molecule has 0 saturated heterocycles. The number of carbonyl (C=O) groups is 1. The first-order valence-electron chi connectivity index (χ1n) is 10.2. The number of H-pyrrole nitrogens is 1. The summed E-state index contributed by atoms with van der Waals surface area (Å²) in [6, 6.07) is 24.0. The molecule has 4 heteroatoms. The van der Waals surface area contributed by atoms with Crippen LogP contribution in [0.25, 0.3) is 10.9 Å². The molecule has 2 N–H and O–H groups in total. The smallest absolute Gasteiger partial charge is 0.338 e. The van der Waals surface area contributed by atoms with Crippen molar-refractivity contribution in [2.45, 2.75) is 19.3 Å². The predicted molar refractivity (Wildman–Crippen MR) is 119 cm³/mol. The Morgan fingerprint density at radius 1 is 1.00 bits per heavy atom. The Morgan fingerprint density at radius 2 is 1.80 bits per heavy atom. The first-order chi connectivity index (χ1) is 14.7. The zero-order valence-electron chi connectivity index (χ0n) is 17.0. The number of ether oxygens (including phenoxy) is 1. The summed E-state index contributed by atoms with van der Waals surface area (Å²) in [6.07, 6.45) is 2.70. The average Bonchev–Trinajstić information content (AvgIpc) is 3.19. The average molecular weight is 399 g/mol. The lowest BCUT2D eigenvalue weighted by molar-refractivity contribution is 0.0526. The fraction of sp³-hybridized carbons (Fsp3) is 0.192. The molecule has 0 spiro atoms. The number of rotatable bonds is 7. The fourth-order valence-corrected chi connectivity index (χ4v) is 3.91. The highest BCUT2D eigenvalue weighted by Crippen LogP contribution is 2.31. The molecule has 0 bridgehead atoms. The molecule has 0 saturated carbocycles. The third-order valence-corrected chi connectivity index (χ3v) is 5.38. The van der Waals surface area contributed by atoms with Crippen molar-refractivity contribution in [2.75, 3.05) is 13.2 Å². The van der Waals surface area contributed by atoms with E-state index >= 15 is 0 Å². The largest absolute Gasteiger partial charge is 0.462 e. The van der Waals surface area contributed by atoms with Crippen LogP contribution in [-0.2, 0) is 11.2 Å². The van der Waals surface area contributed by atoms with E-state index in [1.54, 1.807) is 13.0 Å². The Kier molecular flexibility index (Phi) is 5.96. The van der Waals surface area contributed by atoms with Gasteiger partial charge in [-0.2, -0.15) is 0 Å². The van der Waals surface area contributed by atoms with Crippen molar-refractivity contribution in [1.82, 2.24) is 4.98 Å². The summed E-state index contributed by atoms with van der Waals surface area (Å²) < 4.78 is 5.11. The maximum atomic E-state index is 12.0. The minimum atomic E-state index is -0.295. The number of benzene rings is 3. The zero-order valence-corrected chi connectivity index (χ0v) is 17.0. The van der Waals surface area contributed by atoms with Crippen molar-refractivity contribution in [2.24, 2.45) is 0 Å². The molecule has 0 fully saturated rings. The highest BCUT2D eigenvalue weighted by molar-refractivity contribution is 5.89. The number of fused-ring (bicyclic) bond motifs is 1. The molecule has 30 heavy (non-hydrogen) atoms. The van der Waals surface area contributed by atoms with E-state index in [1.165, 1.54) is 0 Å². The molecule has 4 aromatic rings. The number of esters is 1. The van der Waals surface area contributed by atoms with Gasteiger partial charge in [0.25, 0.3) is 0 Å². The van der Waals surface area contributed by atoms with Gasteiger partial charge < -0.3 is 14.8 Å². The third-order valence-electron chi connectivity index (χ3n) is 5.38. The highest BCUT2D eigenvalue weighted by atomic mass is 16.5. The SMILES string of the molecule is CCOC(=O)c1cccc(Cc2ccc3[nH]cc(C(CO)c4ccccc4)c3c2)c1. The molecule has 0 amide bonds. The fourth-order valence-electron chi connectivity index (χ4n) is 3.91. The number of hydrogen-bond acceptors (Lipinski definition) is 3. The van der Waals surface area contributed by atoms with E-state index in [0.717, 1.165) is 33.2 Å². The molecule has 3 aromatic carbocycles. The molecule has 0 aliphatic rings. The van der Waals surface area contributed by atoms with Gasteiger partial charge in [0.05, 0.1) is 18.8 Å². The normalized spacial score (nSPS) is 12.1. The van der Waals surface area contributed by atoms with Crippen molar-refractivity contribution in [3.05, 3.63) is 107 Å². The number of hydrogen-bond donors (Lipinski definition) is 2. The van der Waals surface area contributed by atoms with Gasteiger partial charge in [0, 0.05) is 23.0 Å². The molecule has 4 rings (SSSR count). The second-order valence-corrected chi connectivity index (χ2v) is 7.37. The number of carbonyl (C=O) groups excluding carboxylic acids is 1. The third kappa shape index (κ3) is 4.14. The molecule has 1 unspecified atom stereocenters. The molecule has 0 radical (unpaired) electrons. The van der Waals surface area contributed by atoms with Crippen molar-refractivity contribution < 1.29 is 14.6 Å². The molecule has 1 heterocycles. The van der Waals surface area contributed by atoms with Gasteiger partial charge in [0.2, 0.25) is 0 Å². The Morgan fingerprint density at radius 3 is 2.57 bits per heavy atom. The Bertz CT molecular complexity index is 1150. The maximum Gasteiger partial charge on any atom is 0.338 e. The summed E-state index contributed by atoms with van der Waals surface area (Å²) in [7, 11) is 0. The maximum absolute atomic E-state index is 12.0. The number of nitrogens with one attached hydrogen (secondary N) is 1. The van der Waals surface area contributed by atoms with Crippen LogP contribution in [0.1, 0.15) is 45.5 Å². The second kappa shape index (κ2) is 8.97. The lowest BCUT2D eigenvalue weighted by Crippen LogP contribution is -2.05. The van der Waals surface area contributed by atoms with E-state index in [-0.39, 0.29) is 18.5 Å². The van der Waals surface area contributed by atoms with Gasteiger partial charge in [0.1, 0.15) is 0 Å². The number of aliphatic hydroxyl groups is 1. The van der Waals surface area contributed by atoms with Crippen LogP contribution in [0.4, 0.5) is 0 Å². The second-order valence-electron chi connectivity index (χ2n) is 7.37. The summed E-state index contributed by atoms with van der Waals surface area (Å²) in [4.78, 5) is 15.4. The lowest BCUT2D eigenvalue weighted by Gasteiger charge is -2.14. The number of aliphatic hydroxyl groups excluding tert-OH is 1. The summed E-state index contributed by atoms with van der Waals surface area (Å²) in [5.74, 6) is -0.376. The Hall–Kier alpha value is -3.37. The zero-order chi connectivity index (χ0) is 20.9. The predicted octanol–water partition coefficient (Wildman–Crippen LogP) is 5.06. The molecule has 152 valence electrons. The van der Waals surface area contributed by atoms with Crippen LogP contribution >= 0.6 is 0 Å². The molecule has 0 aliphatic carbocycles. The summed E-state index contributed by atoms with van der Waals surface area (Å²) in [5, 5.41) is 11.2. The van der Waals surface area contributed by atoms with Gasteiger partial charge in [-0.15, -0.1) is 0 Å². The summed E-state index contributed by atoms with van der Waals surface area (Å²) in [5.41, 5.74) is 5.99. The van der Waals surface area contributed by atoms with Gasteiger partial charge in [-0.3, -0.25) is 0 Å². The van der Waals surface area contributed by atoms with Gasteiger partial charge in [-0.25, -0.2) is 4.79 Å². The van der Waals surface area contributed by atoms with Gasteiger partial charge in [-0.1, -0.05) is 48.5 Å². The van der Waals surface area contributed by atoms with Crippen molar-refractivity contribution in [3.8, 4) is 0 Å². The van der Waals surface area contributed by atoms with Crippen LogP contribution in [0.2, 0.25) is 0 Å². The first-order valence-corrected chi connectivity index (χ1v) is 10.2. The van der Waals surface area contributed by atoms with Crippen LogP contribution in [0.15, 0.2) is 79.0 Å². The quantitative estimate of drug-likeness (QED) is 0.427. The minimum absolute atomic E-state index is 0.0444. The van der Waals surface area contributed by atoms with Crippen molar-refractivity contribution in [1.29, 1.82) is 0 Å². The molecule has 0 aliphatic heterocycles. The molecule has 1 aromatic heterocycles. The van der Waals surface area contributed by atoms with E-state index in [0.29, 0.717) is 18.6 Å². The molecular weight excluding hydrogens is 374 g/mol. The van der Waals surface area contributed by atoms with Crippen molar-refractivity contribution in [3.63, 3.8) is 0 Å². The van der Waals surface area contributed by atoms with Crippen LogP contribution in [0.3, 0.4) is 0 Å². The first kappa shape index (κ1) is 19.9. The molecular formula is C26H25NO3. The molecule has 1 atom stereocenters. The van der Waals surface area contributed by atoms with E-state index in [1.807, 2.05) is 54.7 Å². The van der Waals surface area contributed by atoms with E-state index < -0.39 is 0 Å². The van der Waals surface area contributed by atoms with Gasteiger partial charge >= 0.3 is 5.97 Å². The number of aromatic nitrogens is 1. The number of aromatic amines is 1. The van der Waals surface area contributed by atoms with Gasteiger partial charge in [0.15, 0.2) is 0 Å². The van der Waals surface area contributed by atoms with Crippen LogP contribution in [0.5, 0.6) is 0 Å². The van der Waals surface area contributed by atoms with Gasteiger partial charge in [-0.05, 0) is 59.9 Å². The van der Waals surface area contributed by atoms with E-state index in [9.17, 15) is 9.90 Å². The van der Waals surface area contributed by atoms with Crippen molar-refractivity contribution >= 4 is 16.9 Å². The highest BCUT2D eigenvalue weighted by Gasteiger charge is 2.17. The Balaban J connectivity index is 1.65. The standard InChI is InChI=1S/C26H25NO3/c1-2-30-26(29)21-10-6-7-18(14-21)13-19-11-12-25-22(15-19)23(16-27-25)24(17-28)20-8-4-3-5-9-20/h3-12,14-16,24,27-28H,2,13,17H2,1H3. The Labute approximate surface area is 176 Å². The monoisotopic (exact) mass is 399 g/mol. The summed E-state index contributed by atoms with van der Waals surface area (Å²) >= 11 is 0. The van der Waals surface area contributed by atoms with E-state index in [4.69, 9.17) is 4.74 Å². The minimum Gasteiger partial charge on any atom is -0.462 e. The molecule has 4 nitrogen and oxygen atoms in total. The lowest BCUT2D eigenvalue weighted by atomic mass is 9.91. The summed E-state index contributed by atoms with van der Waals surface area (Å²) in [6.45, 7) is 2.22. The van der Waals surface area contributed by atoms with Crippen LogP contribution in [-0.4, -0.2) is 29.3 Å². The van der Waals surface area contributed by atoms with Crippen LogP contribution in [0, 0.1) is 0 Å². The van der Waals surface area contributed by atoms with Crippen LogP contribution < -0.4 is 0 Å². The van der Waals surface area contributed by atoms with E-state index in [2.05, 4.69) is 23.2 Å². The topological polar surface area (TPSA) is 62.3 Å².